The first-order valence-electron chi connectivity index (χ1n) is 8.25. The van der Waals surface area contributed by atoms with Crippen molar-refractivity contribution in [2.45, 2.75) is 29.6 Å². The summed E-state index contributed by atoms with van der Waals surface area (Å²) in [6, 6.07) is 3.41. The van der Waals surface area contributed by atoms with Gasteiger partial charge >= 0.3 is 0 Å². The van der Waals surface area contributed by atoms with Crippen LogP contribution in [0.5, 0.6) is 0 Å². The molecule has 0 saturated carbocycles. The van der Waals surface area contributed by atoms with Gasteiger partial charge in [0, 0.05) is 32.8 Å². The van der Waals surface area contributed by atoms with Crippen LogP contribution in [0.25, 0.3) is 0 Å². The molecule has 2 unspecified atom stereocenters. The van der Waals surface area contributed by atoms with E-state index >= 15 is 0 Å². The number of sulfonamides is 1. The number of ether oxygens (including phenoxy) is 1. The molecule has 0 aromatic carbocycles. The van der Waals surface area contributed by atoms with Gasteiger partial charge in [0.1, 0.15) is 4.21 Å². The third kappa shape index (κ3) is 4.27. The summed E-state index contributed by atoms with van der Waals surface area (Å²) in [5.41, 5.74) is 5.88. The Morgan fingerprint density at radius 3 is 3.08 bits per heavy atom. The van der Waals surface area contributed by atoms with E-state index in [-0.39, 0.29) is 12.0 Å². The Balaban J connectivity index is 1.46. The minimum Gasteiger partial charge on any atom is -0.376 e. The summed E-state index contributed by atoms with van der Waals surface area (Å²) in [5, 5.41) is 4.87. The molecule has 2 aliphatic rings. The smallest absolute Gasteiger partial charge is 0.252 e. The molecule has 3 rings (SSSR count). The largest absolute Gasteiger partial charge is 0.376 e. The molecule has 9 heteroatoms. The molecule has 0 amide bonds. The highest BCUT2D eigenvalue weighted by Crippen LogP contribution is 2.26. The van der Waals surface area contributed by atoms with Crippen molar-refractivity contribution >= 4 is 27.3 Å². The van der Waals surface area contributed by atoms with Crippen molar-refractivity contribution in [1.29, 1.82) is 0 Å². The normalized spacial score (nSPS) is 26.1. The molecule has 1 aromatic heterocycles. The van der Waals surface area contributed by atoms with Crippen LogP contribution in [-0.2, 0) is 14.8 Å². The second-order valence-electron chi connectivity index (χ2n) is 6.19. The van der Waals surface area contributed by atoms with E-state index in [1.54, 1.807) is 21.8 Å². The van der Waals surface area contributed by atoms with Crippen molar-refractivity contribution in [2.24, 2.45) is 16.6 Å². The zero-order valence-electron chi connectivity index (χ0n) is 13.6. The highest BCUT2D eigenvalue weighted by Gasteiger charge is 2.32. The fraction of sp³-hybridized carbons (Fsp3) is 0.667. The lowest BCUT2D eigenvalue weighted by molar-refractivity contribution is 0.114. The third-order valence-corrected chi connectivity index (χ3v) is 7.63. The van der Waals surface area contributed by atoms with Crippen LogP contribution in [0.4, 0.5) is 0 Å². The summed E-state index contributed by atoms with van der Waals surface area (Å²) in [6.45, 7) is 3.09. The van der Waals surface area contributed by atoms with Crippen molar-refractivity contribution in [1.82, 2.24) is 9.62 Å². The van der Waals surface area contributed by atoms with E-state index in [2.05, 4.69) is 10.3 Å². The maximum absolute atomic E-state index is 12.5. The fourth-order valence-corrected chi connectivity index (χ4v) is 5.68. The van der Waals surface area contributed by atoms with Gasteiger partial charge in [0.2, 0.25) is 0 Å². The molecule has 2 fully saturated rings. The molecule has 7 nitrogen and oxygen atoms in total. The number of nitrogens with two attached hydrogens (primary N) is 1. The second-order valence-corrected chi connectivity index (χ2v) is 9.30. The van der Waals surface area contributed by atoms with Gasteiger partial charge in [-0.05, 0) is 36.6 Å². The molecule has 3 heterocycles. The average Bonchev–Trinajstić information content (AvgIpc) is 3.33. The van der Waals surface area contributed by atoms with Crippen molar-refractivity contribution < 1.29 is 13.2 Å². The molecule has 2 aliphatic heterocycles. The summed E-state index contributed by atoms with van der Waals surface area (Å²) in [6.07, 6.45) is 3.18. The Labute approximate surface area is 146 Å². The summed E-state index contributed by atoms with van der Waals surface area (Å²) in [4.78, 5) is 4.36. The van der Waals surface area contributed by atoms with Gasteiger partial charge in [-0.2, -0.15) is 4.31 Å². The zero-order valence-corrected chi connectivity index (χ0v) is 15.2. The fourth-order valence-electron chi connectivity index (χ4n) is 3.01. The van der Waals surface area contributed by atoms with Crippen LogP contribution >= 0.6 is 11.3 Å². The third-order valence-electron chi connectivity index (χ3n) is 4.39. The number of rotatable bonds is 6. The van der Waals surface area contributed by atoms with Crippen LogP contribution in [0.1, 0.15) is 19.3 Å². The second kappa shape index (κ2) is 7.81. The molecule has 134 valence electrons. The molecular weight excluding hydrogens is 348 g/mol. The number of hydrogen-bond donors (Lipinski definition) is 2. The number of guanidine groups is 1. The molecule has 2 atom stereocenters. The summed E-state index contributed by atoms with van der Waals surface area (Å²) >= 11 is 1.26. The first kappa shape index (κ1) is 17.7. The van der Waals surface area contributed by atoms with Gasteiger partial charge in [-0.1, -0.05) is 6.07 Å². The van der Waals surface area contributed by atoms with E-state index in [0.717, 1.165) is 25.9 Å². The van der Waals surface area contributed by atoms with E-state index in [0.29, 0.717) is 36.3 Å². The van der Waals surface area contributed by atoms with E-state index in [9.17, 15) is 8.42 Å². The molecule has 0 aliphatic carbocycles. The van der Waals surface area contributed by atoms with Crippen molar-refractivity contribution in [2.75, 3.05) is 32.8 Å². The minimum atomic E-state index is -3.35. The van der Waals surface area contributed by atoms with E-state index in [1.807, 2.05) is 0 Å². The topological polar surface area (TPSA) is 97.0 Å². The van der Waals surface area contributed by atoms with Gasteiger partial charge in [-0.25, -0.2) is 8.42 Å². The van der Waals surface area contributed by atoms with Crippen molar-refractivity contribution in [3.05, 3.63) is 17.5 Å². The van der Waals surface area contributed by atoms with Crippen LogP contribution in [0.15, 0.2) is 26.7 Å². The Hall–Kier alpha value is -1.16. The Morgan fingerprint density at radius 2 is 2.38 bits per heavy atom. The quantitative estimate of drug-likeness (QED) is 0.570. The van der Waals surface area contributed by atoms with Crippen LogP contribution in [0.3, 0.4) is 0 Å². The van der Waals surface area contributed by atoms with Gasteiger partial charge in [0.05, 0.1) is 6.10 Å². The zero-order chi connectivity index (χ0) is 17.0. The molecule has 3 N–H and O–H groups in total. The Kier molecular flexibility index (Phi) is 5.75. The number of nitrogens with zero attached hydrogens (tertiary/aromatic N) is 2. The molecular formula is C15H24N4O3S2. The summed E-state index contributed by atoms with van der Waals surface area (Å²) < 4.78 is 32.4. The average molecular weight is 373 g/mol. The van der Waals surface area contributed by atoms with E-state index in [1.165, 1.54) is 11.3 Å². The maximum atomic E-state index is 12.5. The standard InChI is InChI=1S/C15H24N4O3S2/c16-15(18-10-13-3-1-7-22-13)17-9-12-5-6-19(11-12)24(20,21)14-4-2-8-23-14/h2,4,8,12-13H,1,3,5-7,9-11H2,(H3,16,17,18). The predicted octanol–water partition coefficient (Wildman–Crippen LogP) is 0.842. The van der Waals surface area contributed by atoms with E-state index < -0.39 is 10.0 Å². The van der Waals surface area contributed by atoms with Gasteiger partial charge in [-0.15, -0.1) is 11.3 Å². The van der Waals surface area contributed by atoms with Gasteiger partial charge in [0.25, 0.3) is 10.0 Å². The van der Waals surface area contributed by atoms with Gasteiger partial charge < -0.3 is 15.8 Å². The number of hydrogen-bond acceptors (Lipinski definition) is 5. The highest BCUT2D eigenvalue weighted by atomic mass is 32.2. The van der Waals surface area contributed by atoms with Crippen LogP contribution < -0.4 is 11.1 Å². The van der Waals surface area contributed by atoms with Crippen molar-refractivity contribution in [3.8, 4) is 0 Å². The first-order valence-corrected chi connectivity index (χ1v) is 10.6. The summed E-state index contributed by atoms with van der Waals surface area (Å²) in [5.74, 6) is 0.618. The SMILES string of the molecule is NC(=NCC1CCN(S(=O)(=O)c2cccs2)C1)NCC1CCCO1. The molecule has 1 aromatic rings. The van der Waals surface area contributed by atoms with Crippen LogP contribution in [-0.4, -0.2) is 57.6 Å². The van der Waals surface area contributed by atoms with Gasteiger partial charge in [0.15, 0.2) is 5.96 Å². The molecule has 24 heavy (non-hydrogen) atoms. The van der Waals surface area contributed by atoms with E-state index in [4.69, 9.17) is 10.5 Å². The molecule has 2 saturated heterocycles. The lowest BCUT2D eigenvalue weighted by atomic mass is 10.1. The Morgan fingerprint density at radius 1 is 1.50 bits per heavy atom. The van der Waals surface area contributed by atoms with Crippen molar-refractivity contribution in [3.63, 3.8) is 0 Å². The van der Waals surface area contributed by atoms with Gasteiger partial charge in [-0.3, -0.25) is 4.99 Å². The molecule has 0 radical (unpaired) electrons. The number of thiophene rings is 1. The molecule has 0 bridgehead atoms. The lowest BCUT2D eigenvalue weighted by Gasteiger charge is -2.15. The minimum absolute atomic E-state index is 0.211. The lowest BCUT2D eigenvalue weighted by Crippen LogP contribution is -2.37. The summed E-state index contributed by atoms with van der Waals surface area (Å²) in [7, 11) is -3.35. The first-order chi connectivity index (χ1) is 11.6. The van der Waals surface area contributed by atoms with Crippen LogP contribution in [0, 0.1) is 5.92 Å². The molecule has 0 spiro atoms. The maximum Gasteiger partial charge on any atom is 0.252 e. The van der Waals surface area contributed by atoms with Crippen LogP contribution in [0.2, 0.25) is 0 Å². The predicted molar refractivity (Wildman–Crippen MR) is 94.7 cm³/mol. The Bertz CT molecular complexity index is 654. The highest BCUT2D eigenvalue weighted by molar-refractivity contribution is 7.91. The monoisotopic (exact) mass is 372 g/mol. The number of nitrogens with one attached hydrogen (secondary N) is 1. The number of aliphatic imine (C=N–C) groups is 1.